The van der Waals surface area contributed by atoms with Gasteiger partial charge in [0.25, 0.3) is 0 Å². The van der Waals surface area contributed by atoms with E-state index >= 15 is 0 Å². The standard InChI is InChI=1S/C9H18O2/c1-8(2,3)6-5-7-9(4)10-11-9/h5-7H2,1-4H3. The first-order chi connectivity index (χ1) is 4.91. The molecule has 0 saturated carbocycles. The van der Waals surface area contributed by atoms with Crippen molar-refractivity contribution in [3.05, 3.63) is 0 Å². The topological polar surface area (TPSA) is 25.1 Å². The molecule has 2 nitrogen and oxygen atoms in total. The highest BCUT2D eigenvalue weighted by Crippen LogP contribution is 2.35. The Kier molecular flexibility index (Phi) is 2.26. The van der Waals surface area contributed by atoms with Crippen molar-refractivity contribution in [2.45, 2.75) is 52.7 Å². The summed E-state index contributed by atoms with van der Waals surface area (Å²) in [5.41, 5.74) is 0.436. The smallest absolute Gasteiger partial charge is 0.195 e. The molecule has 66 valence electrons. The van der Waals surface area contributed by atoms with Gasteiger partial charge in [0.15, 0.2) is 0 Å². The highest BCUT2D eigenvalue weighted by Gasteiger charge is 2.42. The monoisotopic (exact) mass is 158 g/mol. The molecular formula is C9H18O2. The summed E-state index contributed by atoms with van der Waals surface area (Å²) in [5.74, 6) is -0.231. The van der Waals surface area contributed by atoms with Gasteiger partial charge in [0.2, 0.25) is 5.79 Å². The van der Waals surface area contributed by atoms with Gasteiger partial charge >= 0.3 is 0 Å². The fourth-order valence-corrected chi connectivity index (χ4v) is 1.09. The molecule has 0 aromatic carbocycles. The zero-order chi connectivity index (χ0) is 8.54. The van der Waals surface area contributed by atoms with Crippen LogP contribution in [0.2, 0.25) is 0 Å². The lowest BCUT2D eigenvalue weighted by atomic mass is 9.89. The van der Waals surface area contributed by atoms with Crippen LogP contribution in [-0.4, -0.2) is 5.79 Å². The summed E-state index contributed by atoms with van der Waals surface area (Å²) in [6, 6.07) is 0. The minimum absolute atomic E-state index is 0.231. The maximum atomic E-state index is 4.81. The Hall–Kier alpha value is -0.0800. The van der Waals surface area contributed by atoms with Crippen LogP contribution in [0.4, 0.5) is 0 Å². The Morgan fingerprint density at radius 1 is 1.18 bits per heavy atom. The molecule has 0 radical (unpaired) electrons. The van der Waals surface area contributed by atoms with Crippen molar-refractivity contribution in [2.24, 2.45) is 5.41 Å². The van der Waals surface area contributed by atoms with Crippen LogP contribution < -0.4 is 0 Å². The van der Waals surface area contributed by atoms with Gasteiger partial charge in [-0.15, -0.1) is 0 Å². The second-order valence-corrected chi connectivity index (χ2v) is 4.71. The van der Waals surface area contributed by atoms with Gasteiger partial charge in [-0.3, -0.25) is 0 Å². The van der Waals surface area contributed by atoms with Gasteiger partial charge in [0, 0.05) is 6.42 Å². The summed E-state index contributed by atoms with van der Waals surface area (Å²) in [5, 5.41) is 0. The molecule has 1 rings (SSSR count). The molecule has 0 spiro atoms. The Bertz CT molecular complexity index is 126. The predicted octanol–water partition coefficient (Wildman–Crippen LogP) is 2.88. The first-order valence-electron chi connectivity index (χ1n) is 4.28. The summed E-state index contributed by atoms with van der Waals surface area (Å²) in [6.45, 7) is 8.74. The van der Waals surface area contributed by atoms with E-state index in [-0.39, 0.29) is 5.79 Å². The molecule has 1 aliphatic rings. The molecule has 0 unspecified atom stereocenters. The van der Waals surface area contributed by atoms with Crippen LogP contribution in [0.15, 0.2) is 0 Å². The molecule has 0 bridgehead atoms. The quantitative estimate of drug-likeness (QED) is 0.466. The van der Waals surface area contributed by atoms with E-state index in [4.69, 9.17) is 9.78 Å². The van der Waals surface area contributed by atoms with E-state index < -0.39 is 0 Å². The fourth-order valence-electron chi connectivity index (χ4n) is 1.09. The third-order valence-corrected chi connectivity index (χ3v) is 1.93. The summed E-state index contributed by atoms with van der Waals surface area (Å²) in [4.78, 5) is 9.62. The molecule has 0 aromatic heterocycles. The van der Waals surface area contributed by atoms with Crippen LogP contribution in [0.1, 0.15) is 47.0 Å². The molecule has 1 heterocycles. The molecule has 1 aliphatic heterocycles. The normalized spacial score (nSPS) is 21.8. The zero-order valence-electron chi connectivity index (χ0n) is 7.94. The molecule has 0 N–H and O–H groups in total. The zero-order valence-corrected chi connectivity index (χ0v) is 7.94. The van der Waals surface area contributed by atoms with Crippen LogP contribution in [0.3, 0.4) is 0 Å². The van der Waals surface area contributed by atoms with Gasteiger partial charge in [-0.25, -0.2) is 0 Å². The molecular weight excluding hydrogens is 140 g/mol. The largest absolute Gasteiger partial charge is 0.231 e. The van der Waals surface area contributed by atoms with E-state index in [2.05, 4.69) is 20.8 Å². The van der Waals surface area contributed by atoms with E-state index in [0.29, 0.717) is 5.41 Å². The molecule has 1 saturated heterocycles. The Morgan fingerprint density at radius 2 is 1.73 bits per heavy atom. The molecule has 0 atom stereocenters. The summed E-state index contributed by atoms with van der Waals surface area (Å²) < 4.78 is 0. The maximum Gasteiger partial charge on any atom is 0.231 e. The second kappa shape index (κ2) is 2.76. The van der Waals surface area contributed by atoms with Crippen molar-refractivity contribution in [3.8, 4) is 0 Å². The van der Waals surface area contributed by atoms with E-state index in [9.17, 15) is 0 Å². The molecule has 11 heavy (non-hydrogen) atoms. The molecule has 0 amide bonds. The highest BCUT2D eigenvalue weighted by atomic mass is 17.4. The number of hydrogen-bond donors (Lipinski definition) is 0. The Morgan fingerprint density at radius 3 is 2.09 bits per heavy atom. The number of hydrogen-bond acceptors (Lipinski definition) is 2. The molecule has 1 fully saturated rings. The summed E-state index contributed by atoms with van der Waals surface area (Å²) in [7, 11) is 0. The van der Waals surface area contributed by atoms with Crippen LogP contribution in [-0.2, 0) is 9.78 Å². The number of rotatable bonds is 3. The lowest BCUT2D eigenvalue weighted by Crippen LogP contribution is -2.08. The van der Waals surface area contributed by atoms with Crippen molar-refractivity contribution in [1.82, 2.24) is 0 Å². The van der Waals surface area contributed by atoms with Crippen LogP contribution in [0, 0.1) is 5.41 Å². The SMILES string of the molecule is CC(C)(C)CCCC1(C)OO1. The third-order valence-electron chi connectivity index (χ3n) is 1.93. The highest BCUT2D eigenvalue weighted by molar-refractivity contribution is 4.69. The lowest BCUT2D eigenvalue weighted by Gasteiger charge is -2.17. The van der Waals surface area contributed by atoms with Gasteiger partial charge in [-0.05, 0) is 25.2 Å². The molecule has 2 heteroatoms. The van der Waals surface area contributed by atoms with Gasteiger partial charge in [-0.1, -0.05) is 20.8 Å². The summed E-state index contributed by atoms with van der Waals surface area (Å²) >= 11 is 0. The van der Waals surface area contributed by atoms with Crippen molar-refractivity contribution in [1.29, 1.82) is 0 Å². The first-order valence-corrected chi connectivity index (χ1v) is 4.28. The van der Waals surface area contributed by atoms with Gasteiger partial charge in [0.1, 0.15) is 0 Å². The summed E-state index contributed by atoms with van der Waals surface area (Å²) in [6.07, 6.45) is 3.43. The van der Waals surface area contributed by atoms with E-state index in [0.717, 1.165) is 6.42 Å². The van der Waals surface area contributed by atoms with Crippen molar-refractivity contribution in [2.75, 3.05) is 0 Å². The molecule has 0 aromatic rings. The maximum absolute atomic E-state index is 4.81. The average Bonchev–Trinajstić information content (AvgIpc) is 2.44. The fraction of sp³-hybridized carbons (Fsp3) is 1.00. The van der Waals surface area contributed by atoms with Gasteiger partial charge in [-0.2, -0.15) is 9.78 Å². The van der Waals surface area contributed by atoms with Crippen molar-refractivity contribution >= 4 is 0 Å². The first kappa shape index (κ1) is 9.01. The van der Waals surface area contributed by atoms with Crippen LogP contribution >= 0.6 is 0 Å². The van der Waals surface area contributed by atoms with Crippen molar-refractivity contribution in [3.63, 3.8) is 0 Å². The van der Waals surface area contributed by atoms with E-state index in [1.807, 2.05) is 6.92 Å². The van der Waals surface area contributed by atoms with Gasteiger partial charge in [0.05, 0.1) is 0 Å². The second-order valence-electron chi connectivity index (χ2n) is 4.71. The third kappa shape index (κ3) is 3.73. The van der Waals surface area contributed by atoms with Crippen LogP contribution in [0.25, 0.3) is 0 Å². The van der Waals surface area contributed by atoms with Crippen molar-refractivity contribution < 1.29 is 9.78 Å². The average molecular weight is 158 g/mol. The minimum Gasteiger partial charge on any atom is -0.195 e. The van der Waals surface area contributed by atoms with Crippen LogP contribution in [0.5, 0.6) is 0 Å². The lowest BCUT2D eigenvalue weighted by molar-refractivity contribution is 0.0850. The Labute approximate surface area is 68.8 Å². The minimum atomic E-state index is -0.231. The predicted molar refractivity (Wildman–Crippen MR) is 43.9 cm³/mol. The van der Waals surface area contributed by atoms with E-state index in [1.54, 1.807) is 0 Å². The Balaban J connectivity index is 2.05. The van der Waals surface area contributed by atoms with E-state index in [1.165, 1.54) is 12.8 Å². The molecule has 0 aliphatic carbocycles. The van der Waals surface area contributed by atoms with Gasteiger partial charge < -0.3 is 0 Å².